The maximum Gasteiger partial charge on any atom is 0.135 e. The average molecular weight is 507 g/mol. The lowest BCUT2D eigenvalue weighted by Gasteiger charge is -2.34. The van der Waals surface area contributed by atoms with Crippen LogP contribution in [0.1, 0.15) is 24.8 Å². The number of likely N-dealkylation sites (tertiary alicyclic amines) is 1. The summed E-state index contributed by atoms with van der Waals surface area (Å²) >= 11 is 0. The van der Waals surface area contributed by atoms with E-state index in [4.69, 9.17) is 4.98 Å². The monoisotopic (exact) mass is 506 g/mol. The van der Waals surface area contributed by atoms with Gasteiger partial charge in [-0.15, -0.1) is 0 Å². The number of rotatable bonds is 5. The van der Waals surface area contributed by atoms with Gasteiger partial charge in [-0.25, -0.2) is 4.98 Å². The van der Waals surface area contributed by atoms with Gasteiger partial charge < -0.3 is 14.8 Å². The highest BCUT2D eigenvalue weighted by atomic mass is 15.2. The number of pyridine rings is 2. The van der Waals surface area contributed by atoms with E-state index in [1.807, 2.05) is 12.4 Å². The van der Waals surface area contributed by atoms with Gasteiger partial charge in [0.05, 0.1) is 16.9 Å². The number of piperazine rings is 1. The molecule has 0 aliphatic carbocycles. The zero-order valence-corrected chi connectivity index (χ0v) is 22.0. The molecule has 0 atom stereocenters. The van der Waals surface area contributed by atoms with Crippen LogP contribution in [0.5, 0.6) is 0 Å². The van der Waals surface area contributed by atoms with Crippen molar-refractivity contribution in [1.82, 2.24) is 34.9 Å². The largest absolute Gasteiger partial charge is 0.368 e. The second-order valence-electron chi connectivity index (χ2n) is 10.8. The third-order valence-corrected chi connectivity index (χ3v) is 8.09. The molecule has 194 valence electrons. The molecule has 0 amide bonds. The summed E-state index contributed by atoms with van der Waals surface area (Å²) < 4.78 is 0. The predicted octanol–water partition coefficient (Wildman–Crippen LogP) is 4.91. The van der Waals surface area contributed by atoms with Crippen LogP contribution >= 0.6 is 0 Å². The lowest BCUT2D eigenvalue weighted by atomic mass is 10.1. The number of piperidine rings is 1. The SMILES string of the molecule is CN1CCN(c2cccc3[nH]c(-c4n[nH]c5ccc(-c6cncc(CN7CCCCC7)c6)nc45)cc23)CC1. The van der Waals surface area contributed by atoms with Crippen LogP contribution in [0, 0.1) is 0 Å². The number of fused-ring (bicyclic) bond motifs is 2. The molecule has 0 unspecified atom stereocenters. The summed E-state index contributed by atoms with van der Waals surface area (Å²) in [6.07, 6.45) is 7.83. The molecule has 2 fully saturated rings. The highest BCUT2D eigenvalue weighted by Gasteiger charge is 2.19. The number of benzene rings is 1. The minimum atomic E-state index is 0.847. The molecule has 0 bridgehead atoms. The van der Waals surface area contributed by atoms with Gasteiger partial charge in [0.2, 0.25) is 0 Å². The Kier molecular flexibility index (Phi) is 6.06. The maximum absolute atomic E-state index is 5.08. The standard InChI is InChI=1S/C30H34N8/c1-36-12-14-38(15-13-36)28-7-5-6-25-23(28)17-27(32-25)30-29-26(34-35-30)9-8-24(33-29)22-16-21(18-31-19-22)20-37-10-3-2-4-11-37/h5-9,16-19,32H,2-4,10-15,20H2,1H3,(H,34,35). The van der Waals surface area contributed by atoms with Crippen LogP contribution in [0.4, 0.5) is 5.69 Å². The molecule has 7 rings (SSSR count). The fraction of sp³-hybridized carbons (Fsp3) is 0.367. The third-order valence-electron chi connectivity index (χ3n) is 8.09. The lowest BCUT2D eigenvalue weighted by Crippen LogP contribution is -2.44. The molecule has 2 aliphatic heterocycles. The quantitative estimate of drug-likeness (QED) is 0.353. The zero-order valence-electron chi connectivity index (χ0n) is 22.0. The molecular formula is C30H34N8. The van der Waals surface area contributed by atoms with Crippen molar-refractivity contribution in [2.75, 3.05) is 51.2 Å². The highest BCUT2D eigenvalue weighted by Crippen LogP contribution is 2.34. The van der Waals surface area contributed by atoms with Crippen molar-refractivity contribution in [2.24, 2.45) is 0 Å². The van der Waals surface area contributed by atoms with Gasteiger partial charge in [0.1, 0.15) is 11.2 Å². The first-order chi connectivity index (χ1) is 18.7. The van der Waals surface area contributed by atoms with Crippen LogP contribution in [0.25, 0.3) is 44.6 Å². The molecule has 1 aromatic carbocycles. The predicted molar refractivity (Wildman–Crippen MR) is 153 cm³/mol. The number of anilines is 1. The molecule has 6 heterocycles. The first-order valence-electron chi connectivity index (χ1n) is 13.8. The van der Waals surface area contributed by atoms with Gasteiger partial charge in [-0.1, -0.05) is 12.5 Å². The normalized spacial score (nSPS) is 17.6. The first-order valence-corrected chi connectivity index (χ1v) is 13.8. The summed E-state index contributed by atoms with van der Waals surface area (Å²) in [5.74, 6) is 0. The van der Waals surface area contributed by atoms with E-state index in [0.29, 0.717) is 0 Å². The Morgan fingerprint density at radius 3 is 2.61 bits per heavy atom. The van der Waals surface area contributed by atoms with Crippen molar-refractivity contribution in [3.63, 3.8) is 0 Å². The van der Waals surface area contributed by atoms with Crippen LogP contribution in [0.15, 0.2) is 54.9 Å². The molecular weight excluding hydrogens is 472 g/mol. The number of H-pyrrole nitrogens is 2. The van der Waals surface area contributed by atoms with E-state index >= 15 is 0 Å². The zero-order chi connectivity index (χ0) is 25.5. The summed E-state index contributed by atoms with van der Waals surface area (Å²) in [6.45, 7) is 7.54. The van der Waals surface area contributed by atoms with Gasteiger partial charge in [0, 0.05) is 67.3 Å². The number of hydrogen-bond donors (Lipinski definition) is 2. The molecule has 8 heteroatoms. The van der Waals surface area contributed by atoms with E-state index in [2.05, 4.69) is 84.4 Å². The number of nitrogens with zero attached hydrogens (tertiary/aromatic N) is 6. The fourth-order valence-electron chi connectivity index (χ4n) is 5.93. The minimum absolute atomic E-state index is 0.847. The van der Waals surface area contributed by atoms with Crippen molar-refractivity contribution >= 4 is 27.6 Å². The number of hydrogen-bond acceptors (Lipinski definition) is 6. The van der Waals surface area contributed by atoms with Crippen molar-refractivity contribution in [1.29, 1.82) is 0 Å². The van der Waals surface area contributed by atoms with Gasteiger partial charge in [0.15, 0.2) is 0 Å². The Labute approximate surface area is 222 Å². The molecule has 38 heavy (non-hydrogen) atoms. The Hall–Kier alpha value is -3.75. The van der Waals surface area contributed by atoms with Crippen LogP contribution in [0.3, 0.4) is 0 Å². The fourth-order valence-corrected chi connectivity index (χ4v) is 5.93. The molecule has 2 saturated heterocycles. The van der Waals surface area contributed by atoms with Crippen molar-refractivity contribution in [3.8, 4) is 22.6 Å². The molecule has 0 saturated carbocycles. The molecule has 5 aromatic rings. The van der Waals surface area contributed by atoms with Gasteiger partial charge in [-0.3, -0.25) is 15.0 Å². The van der Waals surface area contributed by atoms with E-state index in [-0.39, 0.29) is 0 Å². The summed E-state index contributed by atoms with van der Waals surface area (Å²) in [5.41, 5.74) is 9.24. The Bertz CT molecular complexity index is 1570. The molecule has 4 aromatic heterocycles. The van der Waals surface area contributed by atoms with Gasteiger partial charge in [-0.05, 0) is 74.9 Å². The van der Waals surface area contributed by atoms with E-state index in [1.54, 1.807) is 0 Å². The molecule has 8 nitrogen and oxygen atoms in total. The van der Waals surface area contributed by atoms with Gasteiger partial charge >= 0.3 is 0 Å². The average Bonchev–Trinajstić information content (AvgIpc) is 3.58. The Morgan fingerprint density at radius 1 is 0.868 bits per heavy atom. The highest BCUT2D eigenvalue weighted by molar-refractivity contribution is 5.99. The molecule has 2 N–H and O–H groups in total. The summed E-state index contributed by atoms with van der Waals surface area (Å²) in [6, 6.07) is 15.1. The topological polar surface area (TPSA) is 80.0 Å². The van der Waals surface area contributed by atoms with Crippen molar-refractivity contribution in [2.45, 2.75) is 25.8 Å². The van der Waals surface area contributed by atoms with Crippen LogP contribution in [-0.2, 0) is 6.54 Å². The third kappa shape index (κ3) is 4.44. The smallest absolute Gasteiger partial charge is 0.135 e. The van der Waals surface area contributed by atoms with E-state index in [1.165, 1.54) is 49.0 Å². The van der Waals surface area contributed by atoms with Gasteiger partial charge in [-0.2, -0.15) is 5.10 Å². The van der Waals surface area contributed by atoms with Crippen molar-refractivity contribution < 1.29 is 0 Å². The molecule has 0 spiro atoms. The van der Waals surface area contributed by atoms with Crippen LogP contribution in [-0.4, -0.2) is 81.3 Å². The maximum atomic E-state index is 5.08. The second-order valence-corrected chi connectivity index (χ2v) is 10.8. The van der Waals surface area contributed by atoms with E-state index < -0.39 is 0 Å². The number of aromatic nitrogens is 5. The molecule has 0 radical (unpaired) electrons. The number of nitrogens with one attached hydrogen (secondary N) is 2. The van der Waals surface area contributed by atoms with E-state index in [0.717, 1.165) is 71.9 Å². The summed E-state index contributed by atoms with van der Waals surface area (Å²) in [4.78, 5) is 20.7. The van der Waals surface area contributed by atoms with Crippen LogP contribution < -0.4 is 4.90 Å². The number of aromatic amines is 2. The minimum Gasteiger partial charge on any atom is -0.368 e. The van der Waals surface area contributed by atoms with Gasteiger partial charge in [0.25, 0.3) is 0 Å². The van der Waals surface area contributed by atoms with E-state index in [9.17, 15) is 0 Å². The second kappa shape index (κ2) is 9.85. The summed E-state index contributed by atoms with van der Waals surface area (Å²) in [5, 5.41) is 9.10. The van der Waals surface area contributed by atoms with Crippen LogP contribution in [0.2, 0.25) is 0 Å². The molecule has 2 aliphatic rings. The summed E-state index contributed by atoms with van der Waals surface area (Å²) in [7, 11) is 2.19. The Morgan fingerprint density at radius 2 is 1.74 bits per heavy atom. The Balaban J connectivity index is 1.22. The lowest BCUT2D eigenvalue weighted by molar-refractivity contribution is 0.220. The first kappa shape index (κ1) is 23.4. The van der Waals surface area contributed by atoms with Crippen molar-refractivity contribution in [3.05, 3.63) is 60.4 Å². The number of likely N-dealkylation sites (N-methyl/N-ethyl adjacent to an activating group) is 1.